The molecule has 0 heterocycles. The number of ether oxygens (including phenoxy) is 1. The largest absolute Gasteiger partial charge is 0.491 e. The maximum absolute atomic E-state index is 14.3. The molecule has 4 heteroatoms. The predicted molar refractivity (Wildman–Crippen MR) is 116 cm³/mol. The van der Waals surface area contributed by atoms with Crippen molar-refractivity contribution in [1.82, 2.24) is 0 Å². The fourth-order valence-corrected chi connectivity index (χ4v) is 3.03. The molecule has 0 fully saturated rings. The molecular weight excluding hydrogens is 373 g/mol. The Balaban J connectivity index is 2.55. The van der Waals surface area contributed by atoms with Crippen molar-refractivity contribution in [3.8, 4) is 0 Å². The molecule has 0 aromatic heterocycles. The van der Waals surface area contributed by atoms with Gasteiger partial charge in [0.2, 0.25) is 0 Å². The van der Waals surface area contributed by atoms with E-state index in [1.807, 2.05) is 38.1 Å². The average Bonchev–Trinajstić information content (AvgIpc) is 2.70. The summed E-state index contributed by atoms with van der Waals surface area (Å²) in [5, 5.41) is 0. The van der Waals surface area contributed by atoms with Crippen molar-refractivity contribution < 1.29 is 17.9 Å². The molecule has 2 unspecified atom stereocenters. The van der Waals surface area contributed by atoms with Gasteiger partial charge in [-0.2, -0.15) is 4.39 Å². The fraction of sp³-hybridized carbons (Fsp3) is 0.440. The van der Waals surface area contributed by atoms with Gasteiger partial charge >= 0.3 is 0 Å². The highest BCUT2D eigenvalue weighted by Crippen LogP contribution is 2.30. The third kappa shape index (κ3) is 7.96. The lowest BCUT2D eigenvalue weighted by Crippen LogP contribution is -2.06. The van der Waals surface area contributed by atoms with E-state index >= 15 is 0 Å². The van der Waals surface area contributed by atoms with Gasteiger partial charge in [-0.3, -0.25) is 0 Å². The zero-order valence-electron chi connectivity index (χ0n) is 18.0. The van der Waals surface area contributed by atoms with Crippen molar-refractivity contribution in [3.05, 3.63) is 77.4 Å². The van der Waals surface area contributed by atoms with Gasteiger partial charge in [0, 0.05) is 0 Å². The van der Waals surface area contributed by atoms with E-state index in [4.69, 9.17) is 4.74 Å². The molecule has 0 saturated carbocycles. The monoisotopic (exact) mass is 406 g/mol. The zero-order valence-corrected chi connectivity index (χ0v) is 18.0. The van der Waals surface area contributed by atoms with E-state index in [-0.39, 0.29) is 29.7 Å². The summed E-state index contributed by atoms with van der Waals surface area (Å²) in [6.45, 7) is 14.8. The second kappa shape index (κ2) is 12.4. The minimum Gasteiger partial charge on any atom is -0.491 e. The van der Waals surface area contributed by atoms with Crippen molar-refractivity contribution in [2.45, 2.75) is 53.4 Å². The van der Waals surface area contributed by atoms with Gasteiger partial charge in [-0.1, -0.05) is 57.7 Å². The van der Waals surface area contributed by atoms with Crippen molar-refractivity contribution in [2.75, 3.05) is 6.61 Å². The number of aryl methyl sites for hydroxylation is 1. The fourth-order valence-electron chi connectivity index (χ4n) is 3.03. The molecule has 0 aliphatic rings. The van der Waals surface area contributed by atoms with Gasteiger partial charge in [0.15, 0.2) is 17.4 Å². The first kappa shape index (κ1) is 24.8. The third-order valence-corrected chi connectivity index (χ3v) is 5.07. The molecule has 1 aromatic rings. The van der Waals surface area contributed by atoms with Gasteiger partial charge in [0.1, 0.15) is 5.82 Å². The zero-order chi connectivity index (χ0) is 22.0. The summed E-state index contributed by atoms with van der Waals surface area (Å²) >= 11 is 0. The molecule has 0 radical (unpaired) electrons. The van der Waals surface area contributed by atoms with Crippen LogP contribution in [0.25, 0.3) is 6.08 Å². The lowest BCUT2D eigenvalue weighted by Gasteiger charge is -2.18. The maximum atomic E-state index is 14.3. The maximum Gasteiger partial charge on any atom is 0.200 e. The summed E-state index contributed by atoms with van der Waals surface area (Å²) in [7, 11) is 0. The summed E-state index contributed by atoms with van der Waals surface area (Å²) < 4.78 is 47.3. The van der Waals surface area contributed by atoms with Crippen LogP contribution in [-0.2, 0) is 11.2 Å². The predicted octanol–water partition coefficient (Wildman–Crippen LogP) is 8.10. The Kier molecular flexibility index (Phi) is 10.6. The van der Waals surface area contributed by atoms with Gasteiger partial charge in [-0.05, 0) is 67.7 Å². The molecule has 2 atom stereocenters. The minimum atomic E-state index is -1.09. The summed E-state index contributed by atoms with van der Waals surface area (Å²) in [6, 6.07) is 5.29. The number of benzene rings is 1. The number of allylic oxidation sites excluding steroid dienone is 4. The van der Waals surface area contributed by atoms with Gasteiger partial charge in [-0.25, -0.2) is 8.78 Å². The van der Waals surface area contributed by atoms with Crippen LogP contribution >= 0.6 is 0 Å². The minimum absolute atomic E-state index is 0.112. The second-order valence-corrected chi connectivity index (χ2v) is 7.48. The van der Waals surface area contributed by atoms with E-state index in [1.165, 1.54) is 0 Å². The Hall–Kier alpha value is -2.23. The van der Waals surface area contributed by atoms with Gasteiger partial charge in [0.25, 0.3) is 0 Å². The number of hydrogen-bond donors (Lipinski definition) is 0. The molecule has 29 heavy (non-hydrogen) atoms. The van der Waals surface area contributed by atoms with Crippen molar-refractivity contribution in [3.63, 3.8) is 0 Å². The summed E-state index contributed by atoms with van der Waals surface area (Å²) in [5.74, 6) is -2.47. The second-order valence-electron chi connectivity index (χ2n) is 7.48. The summed E-state index contributed by atoms with van der Waals surface area (Å²) in [5.41, 5.74) is 1.66. The van der Waals surface area contributed by atoms with Crippen LogP contribution in [0.1, 0.15) is 58.1 Å². The molecule has 0 amide bonds. The van der Waals surface area contributed by atoms with Crippen molar-refractivity contribution in [1.29, 1.82) is 0 Å². The Morgan fingerprint density at radius 2 is 1.79 bits per heavy atom. The SMILES string of the molecule is C=C(OCC)/C(F)=C(/F)C(=C)C(C)CCC(C)CCc1ccc(/C=C/C)cc1F. The van der Waals surface area contributed by atoms with Crippen LogP contribution in [0.5, 0.6) is 0 Å². The van der Waals surface area contributed by atoms with E-state index in [9.17, 15) is 13.2 Å². The molecular formula is C25H33F3O. The molecule has 1 rings (SSSR count). The Morgan fingerprint density at radius 1 is 1.10 bits per heavy atom. The highest BCUT2D eigenvalue weighted by molar-refractivity contribution is 5.49. The molecule has 160 valence electrons. The van der Waals surface area contributed by atoms with Crippen molar-refractivity contribution >= 4 is 6.08 Å². The quantitative estimate of drug-likeness (QED) is 0.252. The number of rotatable bonds is 12. The molecule has 0 spiro atoms. The lowest BCUT2D eigenvalue weighted by atomic mass is 9.89. The van der Waals surface area contributed by atoms with Crippen LogP contribution in [0, 0.1) is 17.7 Å². The van der Waals surface area contributed by atoms with E-state index in [0.717, 1.165) is 18.4 Å². The molecule has 0 bridgehead atoms. The highest BCUT2D eigenvalue weighted by Gasteiger charge is 2.19. The Bertz CT molecular complexity index is 761. The van der Waals surface area contributed by atoms with Crippen LogP contribution in [0.2, 0.25) is 0 Å². The van der Waals surface area contributed by atoms with Gasteiger partial charge < -0.3 is 4.74 Å². The van der Waals surface area contributed by atoms with Crippen molar-refractivity contribution in [2.24, 2.45) is 11.8 Å². The normalized spacial score (nSPS) is 14.4. The van der Waals surface area contributed by atoms with Crippen LogP contribution in [0.15, 0.2) is 60.4 Å². The topological polar surface area (TPSA) is 9.23 Å². The first-order valence-corrected chi connectivity index (χ1v) is 10.2. The summed E-state index contributed by atoms with van der Waals surface area (Å²) in [4.78, 5) is 0. The molecule has 1 aromatic carbocycles. The Morgan fingerprint density at radius 3 is 2.38 bits per heavy atom. The van der Waals surface area contributed by atoms with E-state index < -0.39 is 11.7 Å². The van der Waals surface area contributed by atoms with Crippen LogP contribution in [-0.4, -0.2) is 6.61 Å². The first-order valence-electron chi connectivity index (χ1n) is 10.2. The lowest BCUT2D eigenvalue weighted by molar-refractivity contribution is 0.223. The van der Waals surface area contributed by atoms with Crippen LogP contribution in [0.4, 0.5) is 13.2 Å². The molecule has 0 N–H and O–H groups in total. The van der Waals surface area contributed by atoms with E-state index in [1.54, 1.807) is 13.0 Å². The molecule has 0 aliphatic carbocycles. The number of halogens is 3. The van der Waals surface area contributed by atoms with Gasteiger partial charge in [0.05, 0.1) is 6.61 Å². The highest BCUT2D eigenvalue weighted by atomic mass is 19.2. The Labute approximate surface area is 173 Å². The average molecular weight is 407 g/mol. The van der Waals surface area contributed by atoms with E-state index in [2.05, 4.69) is 20.1 Å². The molecule has 0 saturated heterocycles. The standard InChI is InChI=1S/C25H33F3O/c1-7-9-21-13-15-22(23(26)16-21)14-11-17(3)10-12-18(4)19(5)24(27)25(28)20(6)29-8-2/h7,9,13,15-18H,5-6,8,10-12,14H2,1-4H3/b9-7+,25-24-. The van der Waals surface area contributed by atoms with Gasteiger partial charge in [-0.15, -0.1) is 0 Å². The van der Waals surface area contributed by atoms with Crippen LogP contribution in [0.3, 0.4) is 0 Å². The smallest absolute Gasteiger partial charge is 0.200 e. The first-order chi connectivity index (χ1) is 13.7. The summed E-state index contributed by atoms with van der Waals surface area (Å²) in [6.07, 6.45) is 6.71. The third-order valence-electron chi connectivity index (χ3n) is 5.07. The number of hydrogen-bond acceptors (Lipinski definition) is 1. The van der Waals surface area contributed by atoms with Crippen LogP contribution < -0.4 is 0 Å². The molecule has 0 aliphatic heterocycles. The molecule has 1 nitrogen and oxygen atoms in total. The van der Waals surface area contributed by atoms with E-state index in [0.29, 0.717) is 24.3 Å².